The first-order valence-corrected chi connectivity index (χ1v) is 5.35. The molecule has 1 rings (SSSR count). The van der Waals surface area contributed by atoms with Crippen LogP contribution in [0.5, 0.6) is 5.75 Å². The van der Waals surface area contributed by atoms with Gasteiger partial charge in [0, 0.05) is 0 Å². The van der Waals surface area contributed by atoms with Gasteiger partial charge in [-0.3, -0.25) is 10.1 Å². The second-order valence-corrected chi connectivity index (χ2v) is 3.47. The summed E-state index contributed by atoms with van der Waals surface area (Å²) in [6, 6.07) is 2.70. The number of hydrogen-bond donors (Lipinski definition) is 0. The number of halogens is 3. The molecule has 0 heterocycles. The third-order valence-corrected chi connectivity index (χ3v) is 2.16. The number of benzene rings is 1. The summed E-state index contributed by atoms with van der Waals surface area (Å²) in [6.45, 7) is 1.39. The molecular weight excluding hydrogens is 297 g/mol. The molecule has 0 saturated carbocycles. The van der Waals surface area contributed by atoms with Crippen LogP contribution in [0.25, 0.3) is 0 Å². The molecule has 112 valence electrons. The minimum Gasteiger partial charge on any atom is -0.462 e. The van der Waals surface area contributed by atoms with Crippen molar-refractivity contribution in [2.75, 3.05) is 6.61 Å². The van der Waals surface area contributed by atoms with Crippen LogP contribution < -0.4 is 4.74 Å². The fraction of sp³-hybridized carbons (Fsp3) is 0.273. The fourth-order valence-corrected chi connectivity index (χ4v) is 1.45. The maximum atomic E-state index is 12.2. The Hall–Kier alpha value is -2.83. The van der Waals surface area contributed by atoms with E-state index in [1.807, 2.05) is 0 Å². The number of alkyl halides is 3. The van der Waals surface area contributed by atoms with Gasteiger partial charge in [-0.2, -0.15) is 5.26 Å². The average Bonchev–Trinajstić information content (AvgIpc) is 2.35. The predicted octanol–water partition coefficient (Wildman–Crippen LogP) is 2.54. The van der Waals surface area contributed by atoms with Gasteiger partial charge in [0.25, 0.3) is 0 Å². The van der Waals surface area contributed by atoms with Gasteiger partial charge in [-0.25, -0.2) is 4.79 Å². The molecule has 0 atom stereocenters. The topological polar surface area (TPSA) is 102 Å². The summed E-state index contributed by atoms with van der Waals surface area (Å²) in [6.07, 6.45) is -5.18. The van der Waals surface area contributed by atoms with Crippen molar-refractivity contribution in [2.45, 2.75) is 13.3 Å². The quantitative estimate of drug-likeness (QED) is 0.481. The highest BCUT2D eigenvalue weighted by molar-refractivity contribution is 5.94. The molecule has 0 aliphatic rings. The standard InChI is InChI=1S/C11H7F3N2O5/c1-2-20-10(17)6-3-4-8(21-11(12,13)14)9(16(18)19)7(6)5-15/h3-4H,2H2,1H3. The maximum absolute atomic E-state index is 12.2. The lowest BCUT2D eigenvalue weighted by atomic mass is 10.1. The normalized spacial score (nSPS) is 10.6. The number of nitriles is 1. The van der Waals surface area contributed by atoms with E-state index in [4.69, 9.17) is 5.26 Å². The Labute approximate surface area is 115 Å². The van der Waals surface area contributed by atoms with Crippen LogP contribution in [0.2, 0.25) is 0 Å². The monoisotopic (exact) mass is 304 g/mol. The minimum atomic E-state index is -5.18. The van der Waals surface area contributed by atoms with E-state index in [2.05, 4.69) is 9.47 Å². The number of nitrogens with zero attached hydrogens (tertiary/aromatic N) is 2. The molecule has 0 radical (unpaired) electrons. The van der Waals surface area contributed by atoms with Crippen molar-refractivity contribution in [3.05, 3.63) is 33.4 Å². The van der Waals surface area contributed by atoms with Gasteiger partial charge in [0.05, 0.1) is 17.1 Å². The molecule has 1 aromatic rings. The Bertz CT molecular complexity index is 622. The second-order valence-electron chi connectivity index (χ2n) is 3.47. The predicted molar refractivity (Wildman–Crippen MR) is 60.5 cm³/mol. The highest BCUT2D eigenvalue weighted by Crippen LogP contribution is 2.36. The van der Waals surface area contributed by atoms with Crippen molar-refractivity contribution >= 4 is 11.7 Å². The van der Waals surface area contributed by atoms with Crippen LogP contribution >= 0.6 is 0 Å². The number of nitro groups is 1. The Morgan fingerprint density at radius 3 is 2.52 bits per heavy atom. The van der Waals surface area contributed by atoms with E-state index in [1.54, 1.807) is 0 Å². The smallest absolute Gasteiger partial charge is 0.462 e. The SMILES string of the molecule is CCOC(=O)c1ccc(OC(F)(F)F)c([N+](=O)[O-])c1C#N. The summed E-state index contributed by atoms with van der Waals surface area (Å²) in [7, 11) is 0. The third kappa shape index (κ3) is 3.82. The molecule has 0 aliphatic heterocycles. The maximum Gasteiger partial charge on any atom is 0.573 e. The Kier molecular flexibility index (Phi) is 4.70. The molecule has 0 bridgehead atoms. The van der Waals surface area contributed by atoms with Gasteiger partial charge in [0.1, 0.15) is 11.6 Å². The first kappa shape index (κ1) is 16.2. The Morgan fingerprint density at radius 2 is 2.10 bits per heavy atom. The number of esters is 1. The molecule has 0 N–H and O–H groups in total. The molecule has 10 heteroatoms. The molecule has 0 unspecified atom stereocenters. The highest BCUT2D eigenvalue weighted by Gasteiger charge is 2.37. The van der Waals surface area contributed by atoms with E-state index >= 15 is 0 Å². The van der Waals surface area contributed by atoms with Crippen molar-refractivity contribution in [1.29, 1.82) is 5.26 Å². The second kappa shape index (κ2) is 6.08. The molecule has 0 amide bonds. The van der Waals surface area contributed by atoms with E-state index in [0.717, 1.165) is 6.07 Å². The highest BCUT2D eigenvalue weighted by atomic mass is 19.4. The summed E-state index contributed by atoms with van der Waals surface area (Å²) in [5.41, 5.74) is -2.62. The van der Waals surface area contributed by atoms with Gasteiger partial charge in [0.15, 0.2) is 0 Å². The first-order chi connectivity index (χ1) is 9.71. The van der Waals surface area contributed by atoms with E-state index in [1.165, 1.54) is 13.0 Å². The van der Waals surface area contributed by atoms with Crippen molar-refractivity contribution in [1.82, 2.24) is 0 Å². The zero-order valence-electron chi connectivity index (χ0n) is 10.4. The third-order valence-electron chi connectivity index (χ3n) is 2.16. The summed E-state index contributed by atoms with van der Waals surface area (Å²) in [4.78, 5) is 21.2. The molecule has 0 aliphatic carbocycles. The van der Waals surface area contributed by atoms with Crippen LogP contribution in [0.1, 0.15) is 22.8 Å². The largest absolute Gasteiger partial charge is 0.573 e. The molecule has 0 saturated heterocycles. The zero-order valence-corrected chi connectivity index (χ0v) is 10.4. The summed E-state index contributed by atoms with van der Waals surface area (Å²) < 4.78 is 44.6. The lowest BCUT2D eigenvalue weighted by Gasteiger charge is -2.11. The van der Waals surface area contributed by atoms with Gasteiger partial charge in [-0.1, -0.05) is 0 Å². The van der Waals surface area contributed by atoms with Gasteiger partial charge in [0.2, 0.25) is 5.75 Å². The Balaban J connectivity index is 3.50. The molecule has 0 spiro atoms. The van der Waals surface area contributed by atoms with Gasteiger partial charge < -0.3 is 9.47 Å². The van der Waals surface area contributed by atoms with Crippen molar-refractivity contribution in [2.24, 2.45) is 0 Å². The minimum absolute atomic E-state index is 0.0711. The van der Waals surface area contributed by atoms with Crippen LogP contribution in [-0.2, 0) is 4.74 Å². The fourth-order valence-electron chi connectivity index (χ4n) is 1.45. The molecule has 0 aromatic heterocycles. The van der Waals surface area contributed by atoms with E-state index in [0.29, 0.717) is 6.07 Å². The van der Waals surface area contributed by atoms with Crippen molar-refractivity contribution in [3.8, 4) is 11.8 Å². The van der Waals surface area contributed by atoms with Crippen LogP contribution in [0.15, 0.2) is 12.1 Å². The lowest BCUT2D eigenvalue weighted by Crippen LogP contribution is -2.19. The van der Waals surface area contributed by atoms with E-state index in [9.17, 15) is 28.1 Å². The van der Waals surface area contributed by atoms with E-state index < -0.39 is 39.8 Å². The number of carbonyl (C=O) groups is 1. The van der Waals surface area contributed by atoms with Gasteiger partial charge in [-0.05, 0) is 19.1 Å². The lowest BCUT2D eigenvalue weighted by molar-refractivity contribution is -0.389. The van der Waals surface area contributed by atoms with Gasteiger partial charge in [-0.15, -0.1) is 13.2 Å². The number of ether oxygens (including phenoxy) is 2. The van der Waals surface area contributed by atoms with Gasteiger partial charge >= 0.3 is 18.0 Å². The van der Waals surface area contributed by atoms with Crippen LogP contribution in [0.3, 0.4) is 0 Å². The molecular formula is C11H7F3N2O5. The number of nitro benzene ring substituents is 1. The van der Waals surface area contributed by atoms with Crippen LogP contribution in [0, 0.1) is 21.4 Å². The number of carbonyl (C=O) groups excluding carboxylic acids is 1. The average molecular weight is 304 g/mol. The van der Waals surface area contributed by atoms with Crippen LogP contribution in [-0.4, -0.2) is 23.9 Å². The molecule has 21 heavy (non-hydrogen) atoms. The number of hydrogen-bond acceptors (Lipinski definition) is 6. The Morgan fingerprint density at radius 1 is 1.48 bits per heavy atom. The zero-order chi connectivity index (χ0) is 16.2. The summed E-state index contributed by atoms with van der Waals surface area (Å²) in [5, 5.41) is 19.8. The van der Waals surface area contributed by atoms with Crippen molar-refractivity contribution in [3.63, 3.8) is 0 Å². The summed E-state index contributed by atoms with van der Waals surface area (Å²) in [5.74, 6) is -2.24. The molecule has 0 fully saturated rings. The van der Waals surface area contributed by atoms with Crippen molar-refractivity contribution < 1.29 is 32.4 Å². The van der Waals surface area contributed by atoms with Crippen LogP contribution in [0.4, 0.5) is 18.9 Å². The summed E-state index contributed by atoms with van der Waals surface area (Å²) >= 11 is 0. The molecule has 1 aromatic carbocycles. The van der Waals surface area contributed by atoms with E-state index in [-0.39, 0.29) is 6.61 Å². The molecule has 7 nitrogen and oxygen atoms in total. The first-order valence-electron chi connectivity index (χ1n) is 5.35. The number of rotatable bonds is 4.